The van der Waals surface area contributed by atoms with Gasteiger partial charge in [0.2, 0.25) is 0 Å². The zero-order valence-electron chi connectivity index (χ0n) is 42.5. The van der Waals surface area contributed by atoms with E-state index < -0.39 is 0 Å². The van der Waals surface area contributed by atoms with Crippen LogP contribution < -0.4 is 16.2 Å². The summed E-state index contributed by atoms with van der Waals surface area (Å²) in [5.74, 6) is 0.890. The van der Waals surface area contributed by atoms with Crippen LogP contribution >= 0.6 is 0 Å². The molecule has 0 radical (unpaired) electrons. The van der Waals surface area contributed by atoms with Crippen LogP contribution in [-0.4, -0.2) is 16.4 Å². The summed E-state index contributed by atoms with van der Waals surface area (Å²) in [4.78, 5) is 0. The minimum absolute atomic E-state index is 0.0114. The Labute approximate surface area is 431 Å². The van der Waals surface area contributed by atoms with Gasteiger partial charge in [0.15, 0.2) is 7.28 Å². The normalized spacial score (nSPS) is 14.5. The molecule has 4 heterocycles. The molecular weight excluding hydrogens is 898 g/mol. The number of rotatable bonds is 6. The van der Waals surface area contributed by atoms with Crippen LogP contribution in [0.2, 0.25) is 0 Å². The molecule has 1 N–H and O–H groups in total. The lowest BCUT2D eigenvalue weighted by molar-refractivity contribution is 0.332. The van der Waals surface area contributed by atoms with E-state index in [0.717, 1.165) is 64.9 Å². The van der Waals surface area contributed by atoms with Crippen molar-refractivity contribution in [3.05, 3.63) is 217 Å². The molecule has 13 aromatic rings. The van der Waals surface area contributed by atoms with Gasteiger partial charge in [-0.1, -0.05) is 178 Å². The quantitative estimate of drug-likeness (QED) is 0.169. The Morgan fingerprint density at radius 1 is 0.500 bits per heavy atom. The summed E-state index contributed by atoms with van der Waals surface area (Å²) in [6.45, 7) is 11.9. The number of hydrogen-bond acceptors (Lipinski definition) is 2. The summed E-state index contributed by atoms with van der Waals surface area (Å²) < 4.78 is 12.3. The van der Waals surface area contributed by atoms with Crippen LogP contribution in [0.3, 0.4) is 0 Å². The largest absolute Gasteiger partial charge is 0.455 e. The molecule has 15 rings (SSSR count). The second-order valence-corrected chi connectivity index (χ2v) is 22.4. The molecule has 4 nitrogen and oxygen atoms in total. The number of para-hydroxylation sites is 2. The molecule has 2 aliphatic rings. The number of nitrogens with one attached hydrogen (secondary N) is 1. The fraction of sp³-hybridized carbons (Fsp3) is 0.130. The van der Waals surface area contributed by atoms with Crippen LogP contribution in [0.15, 0.2) is 205 Å². The van der Waals surface area contributed by atoms with Gasteiger partial charge in [-0.25, -0.2) is 0 Å². The highest BCUT2D eigenvalue weighted by Gasteiger charge is 2.39. The summed E-state index contributed by atoms with van der Waals surface area (Å²) in [6, 6.07) is 74.4. The molecule has 0 unspecified atom stereocenters. The van der Waals surface area contributed by atoms with Crippen molar-refractivity contribution in [2.75, 3.05) is 5.32 Å². The smallest absolute Gasteiger partial charge is 0.198 e. The van der Waals surface area contributed by atoms with Gasteiger partial charge in [-0.2, -0.15) is 0 Å². The highest BCUT2D eigenvalue weighted by molar-refractivity contribution is 6.74. The van der Waals surface area contributed by atoms with E-state index in [2.05, 4.69) is 249 Å². The molecule has 1 aliphatic heterocycles. The van der Waals surface area contributed by atoms with E-state index in [0.29, 0.717) is 0 Å². The summed E-state index contributed by atoms with van der Waals surface area (Å²) >= 11 is 0. The first-order valence-corrected chi connectivity index (χ1v) is 26.3. The topological polar surface area (TPSA) is 35.0 Å². The second-order valence-electron chi connectivity index (χ2n) is 22.4. The molecule has 1 aliphatic carbocycles. The first kappa shape index (κ1) is 43.1. The van der Waals surface area contributed by atoms with Gasteiger partial charge in [-0.3, -0.25) is 0 Å². The fourth-order valence-corrected chi connectivity index (χ4v) is 13.2. The molecule has 3 aromatic heterocycles. The zero-order chi connectivity index (χ0) is 49.6. The summed E-state index contributed by atoms with van der Waals surface area (Å²) in [6.07, 6.45) is 2.26. The monoisotopic (exact) mass is 951 g/mol. The minimum atomic E-state index is -0.0167. The number of aromatic nitrogens is 2. The minimum Gasteiger partial charge on any atom is -0.455 e. The summed E-state index contributed by atoms with van der Waals surface area (Å²) in [5, 5.41) is 12.7. The van der Waals surface area contributed by atoms with E-state index >= 15 is 0 Å². The SMILES string of the molecule is Cc1ccc(Nc2cc3c(cc2-c2cc(-n4c5ccccc5c5ccccc54)c4c5c6ccccc6ccc5n5c4c2Bc2cc4oc(-c6ccccc6)c(-c6ccccc6)c4cc2-5)C(C)(C)CCC3(C)C)cc1. The van der Waals surface area contributed by atoms with E-state index in [1.807, 2.05) is 0 Å². The molecule has 354 valence electrons. The molecule has 0 saturated carbocycles. The molecule has 5 heteroatoms. The third-order valence-corrected chi connectivity index (χ3v) is 17.0. The van der Waals surface area contributed by atoms with E-state index in [-0.39, 0.29) is 10.8 Å². The average molecular weight is 952 g/mol. The number of aryl methyl sites for hydroxylation is 1. The summed E-state index contributed by atoms with van der Waals surface area (Å²) in [5.41, 5.74) is 22.7. The predicted molar refractivity (Wildman–Crippen MR) is 315 cm³/mol. The summed E-state index contributed by atoms with van der Waals surface area (Å²) in [7, 11) is 0.719. The Kier molecular flexibility index (Phi) is 9.16. The lowest BCUT2D eigenvalue weighted by Crippen LogP contribution is -2.38. The molecule has 0 amide bonds. The van der Waals surface area contributed by atoms with Crippen LogP contribution in [0.1, 0.15) is 57.2 Å². The Balaban J connectivity index is 1.14. The van der Waals surface area contributed by atoms with Gasteiger partial charge in [-0.15, -0.1) is 0 Å². The van der Waals surface area contributed by atoms with Gasteiger partial charge in [0, 0.05) is 60.7 Å². The van der Waals surface area contributed by atoms with E-state index in [4.69, 9.17) is 4.42 Å². The highest BCUT2D eigenvalue weighted by atomic mass is 16.3. The number of anilines is 2. The van der Waals surface area contributed by atoms with Gasteiger partial charge in [0.25, 0.3) is 0 Å². The number of benzene rings is 10. The molecular formula is C69H54BN3O. The highest BCUT2D eigenvalue weighted by Crippen LogP contribution is 2.52. The van der Waals surface area contributed by atoms with Gasteiger partial charge < -0.3 is 18.9 Å². The lowest BCUT2D eigenvalue weighted by Gasteiger charge is -2.42. The molecule has 0 spiro atoms. The first-order chi connectivity index (χ1) is 36.1. The van der Waals surface area contributed by atoms with Crippen molar-refractivity contribution in [3.63, 3.8) is 0 Å². The van der Waals surface area contributed by atoms with Crippen LogP contribution in [0.4, 0.5) is 11.4 Å². The van der Waals surface area contributed by atoms with Crippen molar-refractivity contribution in [1.82, 2.24) is 9.13 Å². The Morgan fingerprint density at radius 2 is 1.12 bits per heavy atom. The standard InChI is InChI=1S/C69H54BN3O/c1-41-28-31-45(32-29-41)71-55-39-53-52(68(2,3)34-35-69(53,4)5)36-49(55)50-37-60(72-56-26-16-14-24-47(56)48-25-15-17-27-57(48)72)64-63-46-23-13-12-18-42(46)30-33-58(63)73-59-38-51-61(40-54(59)70-65(50)66(64)73)74-67(44-21-10-7-11-22-44)62(51)43-19-8-6-9-20-43/h6-33,36-40,70-71H,34-35H2,1-5H3. The van der Waals surface area contributed by atoms with E-state index in [1.54, 1.807) is 0 Å². The Morgan fingerprint density at radius 3 is 1.82 bits per heavy atom. The van der Waals surface area contributed by atoms with Gasteiger partial charge in [-0.05, 0) is 130 Å². The van der Waals surface area contributed by atoms with E-state index in [9.17, 15) is 0 Å². The van der Waals surface area contributed by atoms with E-state index in [1.165, 1.54) is 105 Å². The molecule has 0 fully saturated rings. The molecule has 0 saturated heterocycles. The van der Waals surface area contributed by atoms with Crippen LogP contribution in [0, 0.1) is 6.92 Å². The van der Waals surface area contributed by atoms with Crippen LogP contribution in [0.25, 0.3) is 110 Å². The van der Waals surface area contributed by atoms with Gasteiger partial charge >= 0.3 is 0 Å². The first-order valence-electron chi connectivity index (χ1n) is 26.3. The molecule has 10 aromatic carbocycles. The van der Waals surface area contributed by atoms with Crippen molar-refractivity contribution >= 4 is 94.9 Å². The van der Waals surface area contributed by atoms with Gasteiger partial charge in [0.1, 0.15) is 11.3 Å². The van der Waals surface area contributed by atoms with Crippen molar-refractivity contribution in [3.8, 4) is 45.0 Å². The van der Waals surface area contributed by atoms with Crippen LogP contribution in [0.5, 0.6) is 0 Å². The number of hydrogen-bond donors (Lipinski definition) is 1. The maximum absolute atomic E-state index is 7.13. The second kappa shape index (κ2) is 15.7. The molecule has 74 heavy (non-hydrogen) atoms. The Bertz CT molecular complexity index is 4420. The van der Waals surface area contributed by atoms with Crippen LogP contribution in [-0.2, 0) is 10.8 Å². The van der Waals surface area contributed by atoms with Crippen molar-refractivity contribution in [2.45, 2.75) is 58.3 Å². The zero-order valence-corrected chi connectivity index (χ0v) is 42.5. The van der Waals surface area contributed by atoms with Gasteiger partial charge in [0.05, 0.1) is 27.8 Å². The molecule has 0 atom stereocenters. The third-order valence-electron chi connectivity index (χ3n) is 17.0. The number of nitrogens with zero attached hydrogens (tertiary/aromatic N) is 2. The van der Waals surface area contributed by atoms with Crippen molar-refractivity contribution in [2.24, 2.45) is 0 Å². The van der Waals surface area contributed by atoms with Crippen molar-refractivity contribution < 1.29 is 4.42 Å². The third kappa shape index (κ3) is 6.29. The maximum Gasteiger partial charge on any atom is 0.198 e. The predicted octanol–water partition coefficient (Wildman–Crippen LogP) is 16.9. The average Bonchev–Trinajstić information content (AvgIpc) is 4.11. The van der Waals surface area contributed by atoms with Crippen molar-refractivity contribution in [1.29, 1.82) is 0 Å². The number of furan rings is 1. The fourth-order valence-electron chi connectivity index (χ4n) is 13.2. The Hall–Kier alpha value is -8.54. The number of fused-ring (bicyclic) bond motifs is 12. The maximum atomic E-state index is 7.13. The molecule has 0 bridgehead atoms. The lowest BCUT2D eigenvalue weighted by atomic mass is 9.58.